The molecule has 1 atom stereocenters. The Balaban J connectivity index is 1.52. The predicted molar refractivity (Wildman–Crippen MR) is 110 cm³/mol. The average Bonchev–Trinajstić information content (AvgIpc) is 3.30. The number of hydrogen-bond acceptors (Lipinski definition) is 6. The van der Waals surface area contributed by atoms with Crippen molar-refractivity contribution in [2.24, 2.45) is 0 Å². The number of nitrogens with zero attached hydrogens (tertiary/aromatic N) is 2. The quantitative estimate of drug-likeness (QED) is 0.719. The Hall–Kier alpha value is -2.68. The van der Waals surface area contributed by atoms with E-state index < -0.39 is 0 Å². The molecule has 3 amide bonds. The molecule has 8 nitrogen and oxygen atoms in total. The van der Waals surface area contributed by atoms with Gasteiger partial charge in [-0.05, 0) is 32.3 Å². The number of hydrogen-bond donors (Lipinski definition) is 2. The van der Waals surface area contributed by atoms with Gasteiger partial charge in [0.25, 0.3) is 5.91 Å². The van der Waals surface area contributed by atoms with Gasteiger partial charge in [-0.3, -0.25) is 19.7 Å². The van der Waals surface area contributed by atoms with Gasteiger partial charge in [-0.15, -0.1) is 11.3 Å². The highest BCUT2D eigenvalue weighted by molar-refractivity contribution is 7.14. The number of likely N-dealkylation sites (tertiary alicyclic amines) is 1. The molecule has 1 unspecified atom stereocenters. The van der Waals surface area contributed by atoms with Crippen LogP contribution in [0.3, 0.4) is 0 Å². The van der Waals surface area contributed by atoms with Crippen LogP contribution in [0, 0.1) is 6.92 Å². The Morgan fingerprint density at radius 2 is 2.21 bits per heavy atom. The summed E-state index contributed by atoms with van der Waals surface area (Å²) in [6.45, 7) is 4.91. The van der Waals surface area contributed by atoms with Gasteiger partial charge in [0.1, 0.15) is 5.76 Å². The molecule has 2 aromatic heterocycles. The van der Waals surface area contributed by atoms with E-state index in [2.05, 4.69) is 15.6 Å². The lowest BCUT2D eigenvalue weighted by molar-refractivity contribution is -0.133. The van der Waals surface area contributed by atoms with Crippen molar-refractivity contribution in [2.45, 2.75) is 52.0 Å². The van der Waals surface area contributed by atoms with Gasteiger partial charge in [0.05, 0.1) is 23.9 Å². The first kappa shape index (κ1) is 21.0. The van der Waals surface area contributed by atoms with Crippen molar-refractivity contribution < 1.29 is 18.8 Å². The highest BCUT2D eigenvalue weighted by Gasteiger charge is 2.25. The monoisotopic (exact) mass is 418 g/mol. The van der Waals surface area contributed by atoms with Crippen LogP contribution in [0.4, 0.5) is 5.13 Å². The normalized spacial score (nSPS) is 16.5. The Morgan fingerprint density at radius 1 is 1.38 bits per heavy atom. The largest absolute Gasteiger partial charge is 0.469 e. The highest BCUT2D eigenvalue weighted by Crippen LogP contribution is 2.19. The summed E-state index contributed by atoms with van der Waals surface area (Å²) in [5.74, 6) is 0.276. The molecule has 0 aliphatic carbocycles. The smallest absolute Gasteiger partial charge is 0.260 e. The summed E-state index contributed by atoms with van der Waals surface area (Å²) in [6, 6.07) is 1.62. The molecule has 0 radical (unpaired) electrons. The third kappa shape index (κ3) is 5.66. The van der Waals surface area contributed by atoms with Crippen molar-refractivity contribution >= 4 is 34.2 Å². The Morgan fingerprint density at radius 3 is 2.93 bits per heavy atom. The SMILES string of the molecule is CCCC(=O)NC1CCCN(C(=O)Cc2csc(NC(=O)c3ccoc3C)n2)C1. The molecule has 1 saturated heterocycles. The van der Waals surface area contributed by atoms with E-state index in [1.54, 1.807) is 23.3 Å². The minimum atomic E-state index is -0.287. The van der Waals surface area contributed by atoms with Crippen LogP contribution in [0.5, 0.6) is 0 Å². The van der Waals surface area contributed by atoms with Crippen LogP contribution in [0.25, 0.3) is 0 Å². The van der Waals surface area contributed by atoms with E-state index in [0.717, 1.165) is 19.3 Å². The summed E-state index contributed by atoms with van der Waals surface area (Å²) in [6.07, 6.45) is 4.71. The number of nitrogens with one attached hydrogen (secondary N) is 2. The molecule has 29 heavy (non-hydrogen) atoms. The lowest BCUT2D eigenvalue weighted by atomic mass is 10.0. The summed E-state index contributed by atoms with van der Waals surface area (Å²) in [5, 5.41) is 7.97. The van der Waals surface area contributed by atoms with Crippen LogP contribution in [0.2, 0.25) is 0 Å². The maximum absolute atomic E-state index is 12.7. The minimum absolute atomic E-state index is 0.00947. The Bertz CT molecular complexity index is 875. The van der Waals surface area contributed by atoms with E-state index in [9.17, 15) is 14.4 Å². The van der Waals surface area contributed by atoms with Gasteiger partial charge >= 0.3 is 0 Å². The van der Waals surface area contributed by atoms with Crippen LogP contribution in [0.15, 0.2) is 22.1 Å². The third-order valence-corrected chi connectivity index (χ3v) is 5.63. The van der Waals surface area contributed by atoms with Crippen molar-refractivity contribution in [1.29, 1.82) is 0 Å². The van der Waals surface area contributed by atoms with Gasteiger partial charge in [0.2, 0.25) is 11.8 Å². The van der Waals surface area contributed by atoms with Crippen LogP contribution in [0.1, 0.15) is 54.4 Å². The first-order valence-electron chi connectivity index (χ1n) is 9.83. The first-order valence-corrected chi connectivity index (χ1v) is 10.7. The molecule has 3 heterocycles. The van der Waals surface area contributed by atoms with Crippen molar-refractivity contribution in [3.8, 4) is 0 Å². The number of carbonyl (C=O) groups excluding carboxylic acids is 3. The molecule has 1 fully saturated rings. The number of thiazole rings is 1. The number of carbonyl (C=O) groups is 3. The second kappa shape index (κ2) is 9.69. The number of aryl methyl sites for hydroxylation is 1. The van der Waals surface area contributed by atoms with Crippen molar-refractivity contribution in [3.63, 3.8) is 0 Å². The number of aromatic nitrogens is 1. The zero-order valence-electron chi connectivity index (χ0n) is 16.7. The van der Waals surface area contributed by atoms with E-state index >= 15 is 0 Å². The molecule has 1 aliphatic rings. The number of rotatable bonds is 7. The fourth-order valence-electron chi connectivity index (χ4n) is 3.35. The van der Waals surface area contributed by atoms with Crippen LogP contribution in [-0.2, 0) is 16.0 Å². The first-order chi connectivity index (χ1) is 14.0. The molecule has 9 heteroatoms. The van der Waals surface area contributed by atoms with Crippen molar-refractivity contribution in [3.05, 3.63) is 34.7 Å². The maximum atomic E-state index is 12.7. The second-order valence-corrected chi connectivity index (χ2v) is 8.02. The molecule has 3 rings (SSSR count). The van der Waals surface area contributed by atoms with Crippen LogP contribution >= 0.6 is 11.3 Å². The lowest BCUT2D eigenvalue weighted by Gasteiger charge is -2.33. The molecule has 2 N–H and O–H groups in total. The standard InChI is InChI=1S/C20H26N4O4S/c1-3-5-17(25)21-14-6-4-8-24(11-14)18(26)10-15-12-29-20(22-15)23-19(27)16-7-9-28-13(16)2/h7,9,12,14H,3-6,8,10-11H2,1-2H3,(H,21,25)(H,22,23,27). The van der Waals surface area contributed by atoms with Crippen molar-refractivity contribution in [2.75, 3.05) is 18.4 Å². The molecule has 0 saturated carbocycles. The molecule has 0 spiro atoms. The van der Waals surface area contributed by atoms with Gasteiger partial charge in [-0.1, -0.05) is 6.92 Å². The second-order valence-electron chi connectivity index (χ2n) is 7.16. The molecule has 156 valence electrons. The zero-order chi connectivity index (χ0) is 20.8. The summed E-state index contributed by atoms with van der Waals surface area (Å²) >= 11 is 1.28. The predicted octanol–water partition coefficient (Wildman–Crippen LogP) is 2.75. The molecule has 0 bridgehead atoms. The van der Waals surface area contributed by atoms with E-state index in [1.165, 1.54) is 17.6 Å². The van der Waals surface area contributed by atoms with E-state index in [0.29, 0.717) is 41.7 Å². The van der Waals surface area contributed by atoms with Crippen molar-refractivity contribution in [1.82, 2.24) is 15.2 Å². The molecule has 2 aromatic rings. The summed E-state index contributed by atoms with van der Waals surface area (Å²) in [5.41, 5.74) is 1.08. The summed E-state index contributed by atoms with van der Waals surface area (Å²) < 4.78 is 5.14. The number of anilines is 1. The Labute approximate surface area is 173 Å². The summed E-state index contributed by atoms with van der Waals surface area (Å²) in [7, 11) is 0. The number of furan rings is 1. The molecule has 0 aromatic carbocycles. The van der Waals surface area contributed by atoms with Crippen LogP contribution in [-0.4, -0.2) is 46.7 Å². The Kier molecular flexibility index (Phi) is 7.03. The topological polar surface area (TPSA) is 105 Å². The highest BCUT2D eigenvalue weighted by atomic mass is 32.1. The zero-order valence-corrected chi connectivity index (χ0v) is 17.5. The van der Waals surface area contributed by atoms with Gasteiger partial charge in [0, 0.05) is 30.9 Å². The average molecular weight is 419 g/mol. The molecule has 1 aliphatic heterocycles. The number of amides is 3. The van der Waals surface area contributed by atoms with Gasteiger partial charge in [-0.25, -0.2) is 4.98 Å². The molecular formula is C20H26N4O4S. The number of piperidine rings is 1. The lowest BCUT2D eigenvalue weighted by Crippen LogP contribution is -2.50. The summed E-state index contributed by atoms with van der Waals surface area (Å²) in [4.78, 5) is 42.8. The van der Waals surface area contributed by atoms with E-state index in [4.69, 9.17) is 4.42 Å². The van der Waals surface area contributed by atoms with E-state index in [-0.39, 0.29) is 30.2 Å². The van der Waals surface area contributed by atoms with E-state index in [1.807, 2.05) is 6.92 Å². The molecular weight excluding hydrogens is 392 g/mol. The van der Waals surface area contributed by atoms with Gasteiger partial charge < -0.3 is 14.6 Å². The fourth-order valence-corrected chi connectivity index (χ4v) is 4.05. The fraction of sp³-hybridized carbons (Fsp3) is 0.500. The third-order valence-electron chi connectivity index (χ3n) is 4.82. The van der Waals surface area contributed by atoms with Crippen LogP contribution < -0.4 is 10.6 Å². The minimum Gasteiger partial charge on any atom is -0.469 e. The van der Waals surface area contributed by atoms with Gasteiger partial charge in [-0.2, -0.15) is 0 Å². The van der Waals surface area contributed by atoms with Gasteiger partial charge in [0.15, 0.2) is 5.13 Å². The maximum Gasteiger partial charge on any atom is 0.260 e.